The van der Waals surface area contributed by atoms with E-state index in [1.165, 1.54) is 27.6 Å². The Kier molecular flexibility index (Phi) is 1.57. The molecule has 2 heteroatoms. The number of nitrogens with zero attached hydrogens (tertiary/aromatic N) is 1. The van der Waals surface area contributed by atoms with Gasteiger partial charge < -0.3 is 0 Å². The molecule has 0 radical (unpaired) electrons. The normalized spacial score (nSPS) is 16.6. The van der Waals surface area contributed by atoms with Gasteiger partial charge in [0.25, 0.3) is 0 Å². The van der Waals surface area contributed by atoms with Gasteiger partial charge in [-0.25, -0.2) is 4.98 Å². The molecule has 0 N–H and O–H groups in total. The summed E-state index contributed by atoms with van der Waals surface area (Å²) in [5.41, 5.74) is 2.57. The molecule has 58 valence electrons. The molecule has 11 heavy (non-hydrogen) atoms. The molecule has 0 bridgehead atoms. The van der Waals surface area contributed by atoms with Gasteiger partial charge in [0.05, 0.1) is 15.6 Å². The van der Waals surface area contributed by atoms with Crippen LogP contribution in [0.15, 0.2) is 6.58 Å². The van der Waals surface area contributed by atoms with Crippen LogP contribution in [-0.2, 0) is 6.42 Å². The molecule has 0 aliphatic heterocycles. The van der Waals surface area contributed by atoms with Gasteiger partial charge in [-0.1, -0.05) is 6.58 Å². The number of thiazole rings is 1. The quantitative estimate of drug-likeness (QED) is 0.576. The molecule has 1 aromatic heterocycles. The highest BCUT2D eigenvalue weighted by atomic mass is 32.1. The lowest BCUT2D eigenvalue weighted by molar-refractivity contribution is 0.804. The molecular formula is C9H11NS. The second-order valence-corrected chi connectivity index (χ2v) is 4.17. The summed E-state index contributed by atoms with van der Waals surface area (Å²) in [5.74, 6) is 0. The topological polar surface area (TPSA) is 12.9 Å². The van der Waals surface area contributed by atoms with Gasteiger partial charge in [-0.05, 0) is 31.8 Å². The fourth-order valence-electron chi connectivity index (χ4n) is 1.50. The molecular weight excluding hydrogens is 154 g/mol. The Morgan fingerprint density at radius 1 is 1.45 bits per heavy atom. The zero-order valence-corrected chi connectivity index (χ0v) is 7.50. The maximum atomic E-state index is 4.46. The Balaban J connectivity index is 2.52. The summed E-state index contributed by atoms with van der Waals surface area (Å²) in [7, 11) is 0. The summed E-state index contributed by atoms with van der Waals surface area (Å²) in [6.07, 6.45) is 3.54. The van der Waals surface area contributed by atoms with Gasteiger partial charge in [-0.15, -0.1) is 11.3 Å². The van der Waals surface area contributed by atoms with E-state index in [0.717, 1.165) is 12.8 Å². The zero-order valence-electron chi connectivity index (χ0n) is 6.68. The van der Waals surface area contributed by atoms with Gasteiger partial charge in [-0.3, -0.25) is 0 Å². The minimum absolute atomic E-state index is 1.15. The van der Waals surface area contributed by atoms with Gasteiger partial charge >= 0.3 is 0 Å². The van der Waals surface area contributed by atoms with Crippen molar-refractivity contribution in [1.82, 2.24) is 4.98 Å². The molecule has 0 amide bonds. The molecule has 1 nitrogen and oxygen atoms in total. The van der Waals surface area contributed by atoms with E-state index >= 15 is 0 Å². The lowest BCUT2D eigenvalue weighted by Gasteiger charge is -2.10. The molecule has 2 rings (SSSR count). The van der Waals surface area contributed by atoms with Crippen LogP contribution in [0.25, 0.3) is 5.57 Å². The number of rotatable bonds is 0. The molecule has 1 aromatic rings. The van der Waals surface area contributed by atoms with Crippen LogP contribution in [0.4, 0.5) is 0 Å². The predicted octanol–water partition coefficient (Wildman–Crippen LogP) is 2.80. The average Bonchev–Trinajstić information content (AvgIpc) is 2.31. The van der Waals surface area contributed by atoms with Crippen LogP contribution in [-0.4, -0.2) is 4.98 Å². The minimum Gasteiger partial charge on any atom is -0.246 e. The lowest BCUT2D eigenvalue weighted by Crippen LogP contribution is -1.97. The van der Waals surface area contributed by atoms with Gasteiger partial charge in [0.2, 0.25) is 0 Å². The van der Waals surface area contributed by atoms with Gasteiger partial charge in [0, 0.05) is 0 Å². The van der Waals surface area contributed by atoms with Gasteiger partial charge in [-0.2, -0.15) is 0 Å². The lowest BCUT2D eigenvalue weighted by atomic mass is 9.99. The van der Waals surface area contributed by atoms with Crippen molar-refractivity contribution in [3.05, 3.63) is 22.2 Å². The van der Waals surface area contributed by atoms with E-state index in [0.29, 0.717) is 0 Å². The third kappa shape index (κ3) is 1.11. The summed E-state index contributed by atoms with van der Waals surface area (Å²) in [4.78, 5) is 5.81. The molecule has 1 heterocycles. The van der Waals surface area contributed by atoms with Crippen molar-refractivity contribution in [2.24, 2.45) is 0 Å². The highest BCUT2D eigenvalue weighted by Crippen LogP contribution is 2.33. The van der Waals surface area contributed by atoms with E-state index in [4.69, 9.17) is 0 Å². The molecule has 0 fully saturated rings. The summed E-state index contributed by atoms with van der Waals surface area (Å²) in [6.45, 7) is 6.10. The number of allylic oxidation sites excluding steroid dienone is 1. The maximum Gasteiger partial charge on any atom is 0.0903 e. The molecule has 0 spiro atoms. The largest absolute Gasteiger partial charge is 0.246 e. The number of aromatic nitrogens is 1. The fraction of sp³-hybridized carbons (Fsp3) is 0.444. The first kappa shape index (κ1) is 7.04. The molecule has 1 aliphatic rings. The Morgan fingerprint density at radius 2 is 2.27 bits per heavy atom. The summed E-state index contributed by atoms with van der Waals surface area (Å²) >= 11 is 1.79. The van der Waals surface area contributed by atoms with Crippen molar-refractivity contribution in [3.8, 4) is 0 Å². The van der Waals surface area contributed by atoms with Crippen LogP contribution < -0.4 is 0 Å². The van der Waals surface area contributed by atoms with E-state index in [1.807, 2.05) is 0 Å². The Morgan fingerprint density at radius 3 is 3.00 bits per heavy atom. The highest BCUT2D eigenvalue weighted by molar-refractivity contribution is 7.12. The molecule has 0 aromatic carbocycles. The second kappa shape index (κ2) is 2.45. The van der Waals surface area contributed by atoms with E-state index < -0.39 is 0 Å². The van der Waals surface area contributed by atoms with Crippen molar-refractivity contribution < 1.29 is 0 Å². The number of hydrogen-bond donors (Lipinski definition) is 0. The first-order valence-corrected chi connectivity index (χ1v) is 4.73. The average molecular weight is 165 g/mol. The first-order chi connectivity index (χ1) is 5.27. The summed E-state index contributed by atoms with van der Waals surface area (Å²) in [6, 6.07) is 0. The van der Waals surface area contributed by atoms with Crippen LogP contribution in [0.2, 0.25) is 0 Å². The van der Waals surface area contributed by atoms with Crippen molar-refractivity contribution >= 4 is 16.9 Å². The van der Waals surface area contributed by atoms with Crippen molar-refractivity contribution in [2.75, 3.05) is 0 Å². The van der Waals surface area contributed by atoms with E-state index in [2.05, 4.69) is 18.5 Å². The third-order valence-corrected chi connectivity index (χ3v) is 3.13. The highest BCUT2D eigenvalue weighted by Gasteiger charge is 2.15. The van der Waals surface area contributed by atoms with Crippen molar-refractivity contribution in [1.29, 1.82) is 0 Å². The SMILES string of the molecule is C=C1CCCc2nc(C)sc21. The molecule has 0 atom stereocenters. The monoisotopic (exact) mass is 165 g/mol. The zero-order chi connectivity index (χ0) is 7.84. The van der Waals surface area contributed by atoms with E-state index in [9.17, 15) is 0 Å². The van der Waals surface area contributed by atoms with Crippen molar-refractivity contribution in [2.45, 2.75) is 26.2 Å². The third-order valence-electron chi connectivity index (χ3n) is 2.02. The number of aryl methyl sites for hydroxylation is 2. The van der Waals surface area contributed by atoms with E-state index in [1.54, 1.807) is 11.3 Å². The summed E-state index contributed by atoms with van der Waals surface area (Å²) < 4.78 is 0. The molecule has 1 aliphatic carbocycles. The second-order valence-electron chi connectivity index (χ2n) is 2.97. The van der Waals surface area contributed by atoms with E-state index in [-0.39, 0.29) is 0 Å². The predicted molar refractivity (Wildman–Crippen MR) is 48.8 cm³/mol. The van der Waals surface area contributed by atoms with Crippen LogP contribution in [0.5, 0.6) is 0 Å². The molecule has 0 saturated heterocycles. The van der Waals surface area contributed by atoms with Crippen LogP contribution in [0.1, 0.15) is 28.4 Å². The van der Waals surface area contributed by atoms with Gasteiger partial charge in [0.1, 0.15) is 0 Å². The number of hydrogen-bond acceptors (Lipinski definition) is 2. The Bertz CT molecular complexity index is 299. The summed E-state index contributed by atoms with van der Waals surface area (Å²) in [5, 5.41) is 1.18. The number of fused-ring (bicyclic) bond motifs is 1. The molecule has 0 saturated carbocycles. The van der Waals surface area contributed by atoms with Gasteiger partial charge in [0.15, 0.2) is 0 Å². The first-order valence-electron chi connectivity index (χ1n) is 3.92. The fourth-order valence-corrected chi connectivity index (χ4v) is 2.46. The molecule has 0 unspecified atom stereocenters. The van der Waals surface area contributed by atoms with Crippen molar-refractivity contribution in [3.63, 3.8) is 0 Å². The minimum atomic E-state index is 1.15. The van der Waals surface area contributed by atoms with Crippen LogP contribution in [0, 0.1) is 6.92 Å². The Labute approximate surface area is 70.8 Å². The smallest absolute Gasteiger partial charge is 0.0903 e. The standard InChI is InChI=1S/C9H11NS/c1-6-4-3-5-8-9(6)11-7(2)10-8/h1,3-5H2,2H3. The van der Waals surface area contributed by atoms with Crippen LogP contribution in [0.3, 0.4) is 0 Å². The van der Waals surface area contributed by atoms with Crippen LogP contribution >= 0.6 is 11.3 Å². The maximum absolute atomic E-state index is 4.46. The Hall–Kier alpha value is -0.630.